The fourth-order valence-electron chi connectivity index (χ4n) is 6.27. The molecule has 0 saturated carbocycles. The minimum absolute atomic E-state index is 0.852. The van der Waals surface area contributed by atoms with Crippen LogP contribution >= 0.6 is 0 Å². The van der Waals surface area contributed by atoms with E-state index >= 15 is 0 Å². The van der Waals surface area contributed by atoms with Crippen LogP contribution in [0, 0.1) is 27.7 Å². The number of hydrogen-bond acceptors (Lipinski definition) is 2. The second-order valence-electron chi connectivity index (χ2n) is 10.9. The van der Waals surface area contributed by atoms with Crippen molar-refractivity contribution in [2.24, 2.45) is 0 Å². The van der Waals surface area contributed by atoms with Crippen LogP contribution in [0.25, 0.3) is 54.9 Å². The molecule has 6 aromatic carbocycles. The van der Waals surface area contributed by atoms with Gasteiger partial charge in [0.05, 0.1) is 14.2 Å². The van der Waals surface area contributed by atoms with Crippen LogP contribution in [0.5, 0.6) is 11.5 Å². The molecule has 0 fully saturated rings. The summed E-state index contributed by atoms with van der Waals surface area (Å²) in [5.74, 6) is 1.70. The van der Waals surface area contributed by atoms with Gasteiger partial charge in [-0.2, -0.15) is 0 Å². The highest BCUT2D eigenvalue weighted by atomic mass is 16.5. The summed E-state index contributed by atoms with van der Waals surface area (Å²) in [6.45, 7) is 8.59. The first-order valence-electron chi connectivity index (χ1n) is 13.7. The summed E-state index contributed by atoms with van der Waals surface area (Å²) in [7, 11) is 3.56. The Morgan fingerprint density at radius 3 is 1.12 bits per heavy atom. The third-order valence-corrected chi connectivity index (χ3v) is 7.73. The standard InChI is InChI=1S/C38H34O2/c1-23-15-24(2)18-29(17-23)33-21-27-11-7-9-13-31(27)35(37(33)39-5)36-32-14-10-8-12-28(32)22-34(38(36)40-6)30-19-25(3)16-26(4)20-30/h7-22H,1-6H3. The Balaban J connectivity index is 1.81. The van der Waals surface area contributed by atoms with Gasteiger partial charge in [-0.1, -0.05) is 107 Å². The van der Waals surface area contributed by atoms with Gasteiger partial charge < -0.3 is 9.47 Å². The van der Waals surface area contributed by atoms with E-state index < -0.39 is 0 Å². The van der Waals surface area contributed by atoms with Crippen molar-refractivity contribution in [3.05, 3.63) is 119 Å². The highest BCUT2D eigenvalue weighted by Crippen LogP contribution is 2.52. The fourth-order valence-corrected chi connectivity index (χ4v) is 6.27. The number of ether oxygens (including phenoxy) is 2. The first-order chi connectivity index (χ1) is 19.4. The molecule has 0 radical (unpaired) electrons. The molecule has 6 rings (SSSR count). The fraction of sp³-hybridized carbons (Fsp3) is 0.158. The van der Waals surface area contributed by atoms with Crippen LogP contribution in [0.2, 0.25) is 0 Å². The number of aryl methyl sites for hydroxylation is 4. The van der Waals surface area contributed by atoms with Crippen LogP contribution in [0.4, 0.5) is 0 Å². The Morgan fingerprint density at radius 1 is 0.425 bits per heavy atom. The smallest absolute Gasteiger partial charge is 0.135 e. The van der Waals surface area contributed by atoms with Gasteiger partial charge in [-0.3, -0.25) is 0 Å². The average molecular weight is 523 g/mol. The third kappa shape index (κ3) is 4.40. The number of rotatable bonds is 5. The van der Waals surface area contributed by atoms with E-state index in [0.29, 0.717) is 0 Å². The van der Waals surface area contributed by atoms with Gasteiger partial charge in [0.15, 0.2) is 0 Å². The Bertz CT molecular complexity index is 1730. The third-order valence-electron chi connectivity index (χ3n) is 7.73. The molecule has 2 heteroatoms. The zero-order valence-corrected chi connectivity index (χ0v) is 24.1. The van der Waals surface area contributed by atoms with E-state index in [-0.39, 0.29) is 0 Å². The molecule has 0 N–H and O–H groups in total. The predicted molar refractivity (Wildman–Crippen MR) is 170 cm³/mol. The summed E-state index contributed by atoms with van der Waals surface area (Å²) in [6.07, 6.45) is 0. The van der Waals surface area contributed by atoms with E-state index in [1.807, 2.05) is 0 Å². The van der Waals surface area contributed by atoms with Gasteiger partial charge in [0.25, 0.3) is 0 Å². The van der Waals surface area contributed by atoms with Gasteiger partial charge in [-0.25, -0.2) is 0 Å². The van der Waals surface area contributed by atoms with Gasteiger partial charge in [0, 0.05) is 22.3 Å². The van der Waals surface area contributed by atoms with Gasteiger partial charge in [-0.05, 0) is 72.5 Å². The lowest BCUT2D eigenvalue weighted by molar-refractivity contribution is 0.413. The van der Waals surface area contributed by atoms with Gasteiger partial charge >= 0.3 is 0 Å². The molecule has 0 heterocycles. The highest BCUT2D eigenvalue weighted by Gasteiger charge is 2.25. The van der Waals surface area contributed by atoms with Crippen molar-refractivity contribution in [1.29, 1.82) is 0 Å². The molecule has 2 nitrogen and oxygen atoms in total. The molecule has 198 valence electrons. The van der Waals surface area contributed by atoms with Crippen molar-refractivity contribution in [1.82, 2.24) is 0 Å². The van der Waals surface area contributed by atoms with Gasteiger partial charge in [-0.15, -0.1) is 0 Å². The number of fused-ring (bicyclic) bond motifs is 2. The first-order valence-corrected chi connectivity index (χ1v) is 13.7. The van der Waals surface area contributed by atoms with Crippen molar-refractivity contribution >= 4 is 21.5 Å². The van der Waals surface area contributed by atoms with Crippen LogP contribution < -0.4 is 9.47 Å². The van der Waals surface area contributed by atoms with Crippen LogP contribution in [0.15, 0.2) is 97.1 Å². The molecule has 0 aliphatic rings. The molecular weight excluding hydrogens is 488 g/mol. The topological polar surface area (TPSA) is 18.5 Å². The second kappa shape index (κ2) is 10.2. The molecule has 0 unspecified atom stereocenters. The molecule has 0 bridgehead atoms. The van der Waals surface area contributed by atoms with Crippen LogP contribution in [-0.2, 0) is 0 Å². The molecule has 0 aliphatic heterocycles. The van der Waals surface area contributed by atoms with Crippen LogP contribution in [0.3, 0.4) is 0 Å². The second-order valence-corrected chi connectivity index (χ2v) is 10.9. The summed E-state index contributed by atoms with van der Waals surface area (Å²) in [4.78, 5) is 0. The SMILES string of the molecule is COc1c(-c2cc(C)cc(C)c2)cc2ccccc2c1-c1c(OC)c(-c2cc(C)cc(C)c2)cc2ccccc12. The Kier molecular flexibility index (Phi) is 6.56. The minimum atomic E-state index is 0.852. The van der Waals surface area contributed by atoms with E-state index in [0.717, 1.165) is 66.4 Å². The maximum Gasteiger partial charge on any atom is 0.135 e. The van der Waals surface area contributed by atoms with E-state index in [1.165, 1.54) is 22.3 Å². The monoisotopic (exact) mass is 522 g/mol. The molecule has 40 heavy (non-hydrogen) atoms. The summed E-state index contributed by atoms with van der Waals surface area (Å²) >= 11 is 0. The van der Waals surface area contributed by atoms with Crippen molar-refractivity contribution in [2.45, 2.75) is 27.7 Å². The number of hydrogen-bond donors (Lipinski definition) is 0. The molecule has 0 saturated heterocycles. The Hall–Kier alpha value is -4.56. The van der Waals surface area contributed by atoms with Gasteiger partial charge in [0.2, 0.25) is 0 Å². The maximum absolute atomic E-state index is 6.35. The quantitative estimate of drug-likeness (QED) is 0.224. The summed E-state index contributed by atoms with van der Waals surface area (Å²) < 4.78 is 12.7. The van der Waals surface area contributed by atoms with Crippen molar-refractivity contribution in [3.8, 4) is 44.9 Å². The zero-order chi connectivity index (χ0) is 28.0. The number of methoxy groups -OCH3 is 2. The Morgan fingerprint density at radius 2 is 0.775 bits per heavy atom. The van der Waals surface area contributed by atoms with Crippen molar-refractivity contribution in [2.75, 3.05) is 14.2 Å². The first kappa shape index (κ1) is 25.7. The maximum atomic E-state index is 6.35. The minimum Gasteiger partial charge on any atom is -0.495 e. The van der Waals surface area contributed by atoms with E-state index in [9.17, 15) is 0 Å². The van der Waals surface area contributed by atoms with Crippen LogP contribution in [0.1, 0.15) is 22.3 Å². The average Bonchev–Trinajstić information content (AvgIpc) is 2.94. The molecule has 0 amide bonds. The van der Waals surface area contributed by atoms with Gasteiger partial charge in [0.1, 0.15) is 11.5 Å². The lowest BCUT2D eigenvalue weighted by atomic mass is 9.85. The molecule has 0 spiro atoms. The number of benzene rings is 6. The lowest BCUT2D eigenvalue weighted by Gasteiger charge is -2.23. The summed E-state index contributed by atoms with van der Waals surface area (Å²) in [5.41, 5.74) is 11.5. The molecule has 0 atom stereocenters. The molecule has 0 aromatic heterocycles. The Labute approximate surface area is 236 Å². The summed E-state index contributed by atoms with van der Waals surface area (Å²) in [6, 6.07) is 35.1. The van der Waals surface area contributed by atoms with Crippen LogP contribution in [-0.4, -0.2) is 14.2 Å². The largest absolute Gasteiger partial charge is 0.495 e. The zero-order valence-electron chi connectivity index (χ0n) is 24.1. The predicted octanol–water partition coefficient (Wildman–Crippen LogP) is 10.2. The summed E-state index contributed by atoms with van der Waals surface area (Å²) in [5, 5.41) is 4.59. The van der Waals surface area contributed by atoms with E-state index in [4.69, 9.17) is 9.47 Å². The normalized spacial score (nSPS) is 11.2. The van der Waals surface area contributed by atoms with E-state index in [1.54, 1.807) is 14.2 Å². The molecule has 0 aliphatic carbocycles. The van der Waals surface area contributed by atoms with E-state index in [2.05, 4.69) is 125 Å². The molecular formula is C38H34O2. The highest BCUT2D eigenvalue weighted by molar-refractivity contribution is 6.14. The van der Waals surface area contributed by atoms with Crippen molar-refractivity contribution < 1.29 is 9.47 Å². The lowest BCUT2D eigenvalue weighted by Crippen LogP contribution is -1.99. The van der Waals surface area contributed by atoms with Crippen molar-refractivity contribution in [3.63, 3.8) is 0 Å². The molecule has 6 aromatic rings.